The third kappa shape index (κ3) is 4.19. The lowest BCUT2D eigenvalue weighted by atomic mass is 10.1. The van der Waals surface area contributed by atoms with Crippen molar-refractivity contribution in [3.05, 3.63) is 28.3 Å². The molecule has 17 heavy (non-hydrogen) atoms. The highest BCUT2D eigenvalue weighted by Crippen LogP contribution is 2.26. The summed E-state index contributed by atoms with van der Waals surface area (Å²) in [5, 5.41) is 4.13. The number of rotatable bonds is 6. The van der Waals surface area contributed by atoms with Crippen LogP contribution in [0.5, 0.6) is 5.75 Å². The maximum atomic E-state index is 6.11. The van der Waals surface area contributed by atoms with Gasteiger partial charge in [-0.15, -0.1) is 0 Å². The normalized spacial score (nSPS) is 12.5. The molecule has 1 unspecified atom stereocenters. The van der Waals surface area contributed by atoms with Crippen LogP contribution in [-0.2, 0) is 6.54 Å². The van der Waals surface area contributed by atoms with Crippen LogP contribution < -0.4 is 15.8 Å². The van der Waals surface area contributed by atoms with Gasteiger partial charge in [0.25, 0.3) is 0 Å². The maximum Gasteiger partial charge on any atom is 0.123 e. The molecule has 0 aliphatic heterocycles. The molecule has 0 saturated heterocycles. The van der Waals surface area contributed by atoms with E-state index in [-0.39, 0.29) is 0 Å². The van der Waals surface area contributed by atoms with Gasteiger partial charge in [0, 0.05) is 17.1 Å². The average molecular weight is 257 g/mol. The molecule has 0 aliphatic carbocycles. The second-order valence-corrected chi connectivity index (χ2v) is 4.79. The summed E-state index contributed by atoms with van der Waals surface area (Å²) in [5.41, 5.74) is 7.67. The van der Waals surface area contributed by atoms with Crippen LogP contribution in [-0.4, -0.2) is 20.2 Å². The van der Waals surface area contributed by atoms with E-state index in [4.69, 9.17) is 22.1 Å². The van der Waals surface area contributed by atoms with E-state index in [1.165, 1.54) is 0 Å². The minimum absolute atomic E-state index is 0.474. The third-order valence-corrected chi connectivity index (χ3v) is 3.18. The Labute approximate surface area is 108 Å². The Kier molecular flexibility index (Phi) is 5.75. The van der Waals surface area contributed by atoms with Gasteiger partial charge in [-0.2, -0.15) is 0 Å². The fourth-order valence-corrected chi connectivity index (χ4v) is 1.75. The van der Waals surface area contributed by atoms with Gasteiger partial charge in [0.2, 0.25) is 0 Å². The smallest absolute Gasteiger partial charge is 0.123 e. The molecular weight excluding hydrogens is 236 g/mol. The van der Waals surface area contributed by atoms with Crippen molar-refractivity contribution < 1.29 is 4.74 Å². The molecule has 96 valence electrons. The van der Waals surface area contributed by atoms with Gasteiger partial charge in [0.05, 0.1) is 7.11 Å². The number of nitrogens with two attached hydrogens (primary N) is 1. The van der Waals surface area contributed by atoms with E-state index in [9.17, 15) is 0 Å². The van der Waals surface area contributed by atoms with Crippen LogP contribution in [0.3, 0.4) is 0 Å². The van der Waals surface area contributed by atoms with E-state index in [2.05, 4.69) is 12.2 Å². The van der Waals surface area contributed by atoms with Gasteiger partial charge >= 0.3 is 0 Å². The Morgan fingerprint density at radius 2 is 2.18 bits per heavy atom. The van der Waals surface area contributed by atoms with E-state index >= 15 is 0 Å². The third-order valence-electron chi connectivity index (χ3n) is 2.77. The molecule has 0 radical (unpaired) electrons. The van der Waals surface area contributed by atoms with Crippen LogP contribution in [0.2, 0.25) is 5.02 Å². The highest BCUT2D eigenvalue weighted by atomic mass is 35.5. The lowest BCUT2D eigenvalue weighted by Gasteiger charge is -2.13. The maximum absolute atomic E-state index is 6.11. The Bertz CT molecular complexity index is 369. The number of methoxy groups -OCH3 is 1. The molecule has 0 bridgehead atoms. The van der Waals surface area contributed by atoms with Gasteiger partial charge in [-0.25, -0.2) is 0 Å². The van der Waals surface area contributed by atoms with Crippen LogP contribution in [0.25, 0.3) is 0 Å². The molecule has 0 aliphatic rings. The fraction of sp³-hybridized carbons (Fsp3) is 0.538. The Balaban J connectivity index is 2.66. The van der Waals surface area contributed by atoms with Crippen molar-refractivity contribution in [2.24, 2.45) is 11.7 Å². The van der Waals surface area contributed by atoms with Gasteiger partial charge in [-0.05, 0) is 43.6 Å². The Hall–Kier alpha value is -0.770. The van der Waals surface area contributed by atoms with E-state index in [1.54, 1.807) is 7.11 Å². The van der Waals surface area contributed by atoms with Crippen LogP contribution in [0.4, 0.5) is 0 Å². The number of nitrogens with one attached hydrogen (secondary N) is 1. The average Bonchev–Trinajstić information content (AvgIpc) is 2.32. The molecule has 0 saturated carbocycles. The van der Waals surface area contributed by atoms with Crippen molar-refractivity contribution >= 4 is 11.6 Å². The summed E-state index contributed by atoms with van der Waals surface area (Å²) >= 11 is 6.11. The molecule has 1 aromatic rings. The van der Waals surface area contributed by atoms with Crippen LogP contribution >= 0.6 is 11.6 Å². The first-order chi connectivity index (χ1) is 8.08. The summed E-state index contributed by atoms with van der Waals surface area (Å²) in [6, 6.07) is 3.92. The van der Waals surface area contributed by atoms with Gasteiger partial charge in [0.15, 0.2) is 0 Å². The molecule has 1 aromatic carbocycles. The topological polar surface area (TPSA) is 47.3 Å². The second-order valence-electron chi connectivity index (χ2n) is 4.39. The summed E-state index contributed by atoms with van der Waals surface area (Å²) < 4.78 is 5.34. The van der Waals surface area contributed by atoms with Crippen LogP contribution in [0.1, 0.15) is 18.1 Å². The number of halogens is 1. The molecule has 1 rings (SSSR count). The molecular formula is C13H21ClN2O. The minimum atomic E-state index is 0.474. The first kappa shape index (κ1) is 14.3. The zero-order valence-electron chi connectivity index (χ0n) is 10.7. The molecule has 0 aromatic heterocycles. The molecule has 3 N–H and O–H groups in total. The molecule has 0 heterocycles. The summed E-state index contributed by atoms with van der Waals surface area (Å²) in [5.74, 6) is 1.35. The van der Waals surface area contributed by atoms with Crippen LogP contribution in [0.15, 0.2) is 12.1 Å². The molecule has 1 atom stereocenters. The van der Waals surface area contributed by atoms with E-state index in [0.717, 1.165) is 35.0 Å². The van der Waals surface area contributed by atoms with Gasteiger partial charge in [0.1, 0.15) is 5.75 Å². The number of hydrogen-bond acceptors (Lipinski definition) is 3. The summed E-state index contributed by atoms with van der Waals surface area (Å²) in [6.07, 6.45) is 0. The molecule has 4 heteroatoms. The number of benzene rings is 1. The zero-order chi connectivity index (χ0) is 12.8. The first-order valence-electron chi connectivity index (χ1n) is 5.82. The molecule has 0 spiro atoms. The van der Waals surface area contributed by atoms with Crippen molar-refractivity contribution in [2.75, 3.05) is 20.2 Å². The van der Waals surface area contributed by atoms with Gasteiger partial charge in [-0.1, -0.05) is 18.5 Å². The largest absolute Gasteiger partial charge is 0.496 e. The van der Waals surface area contributed by atoms with Gasteiger partial charge < -0.3 is 15.8 Å². The van der Waals surface area contributed by atoms with Crippen molar-refractivity contribution in [3.8, 4) is 5.75 Å². The van der Waals surface area contributed by atoms with Crippen molar-refractivity contribution in [2.45, 2.75) is 20.4 Å². The van der Waals surface area contributed by atoms with Crippen molar-refractivity contribution in [1.29, 1.82) is 0 Å². The van der Waals surface area contributed by atoms with E-state index in [0.29, 0.717) is 12.5 Å². The van der Waals surface area contributed by atoms with Crippen LogP contribution in [0, 0.1) is 12.8 Å². The Morgan fingerprint density at radius 3 is 2.76 bits per heavy atom. The van der Waals surface area contributed by atoms with Crippen molar-refractivity contribution in [1.82, 2.24) is 5.32 Å². The molecule has 3 nitrogen and oxygen atoms in total. The predicted octanol–water partition coefficient (Wildman–Crippen LogP) is 2.34. The summed E-state index contributed by atoms with van der Waals surface area (Å²) in [7, 11) is 1.68. The lowest BCUT2D eigenvalue weighted by molar-refractivity contribution is 0.406. The summed E-state index contributed by atoms with van der Waals surface area (Å²) in [6.45, 7) is 6.42. The van der Waals surface area contributed by atoms with Crippen molar-refractivity contribution in [3.63, 3.8) is 0 Å². The quantitative estimate of drug-likeness (QED) is 0.821. The SMILES string of the molecule is COc1cc(C)c(Cl)cc1CNCC(C)CN. The predicted molar refractivity (Wildman–Crippen MR) is 72.7 cm³/mol. The summed E-state index contributed by atoms with van der Waals surface area (Å²) in [4.78, 5) is 0. The highest BCUT2D eigenvalue weighted by molar-refractivity contribution is 6.31. The lowest BCUT2D eigenvalue weighted by Crippen LogP contribution is -2.25. The zero-order valence-corrected chi connectivity index (χ0v) is 11.5. The van der Waals surface area contributed by atoms with E-state index in [1.807, 2.05) is 19.1 Å². The Morgan fingerprint density at radius 1 is 1.47 bits per heavy atom. The second kappa shape index (κ2) is 6.84. The first-order valence-corrected chi connectivity index (χ1v) is 6.20. The monoisotopic (exact) mass is 256 g/mol. The molecule has 0 amide bonds. The minimum Gasteiger partial charge on any atom is -0.496 e. The number of ether oxygens (including phenoxy) is 1. The standard InChI is InChI=1S/C13H21ClN2O/c1-9(6-15)7-16-8-11-5-12(14)10(2)4-13(11)17-3/h4-5,9,16H,6-8,15H2,1-3H3. The number of aryl methyl sites for hydroxylation is 1. The van der Waals surface area contributed by atoms with E-state index < -0.39 is 0 Å². The van der Waals surface area contributed by atoms with Gasteiger partial charge in [-0.3, -0.25) is 0 Å². The molecule has 0 fully saturated rings. The fourth-order valence-electron chi connectivity index (χ4n) is 1.56. The highest BCUT2D eigenvalue weighted by Gasteiger charge is 2.07. The number of hydrogen-bond donors (Lipinski definition) is 2.